The molecule has 0 bridgehead atoms. The number of amides is 1. The number of hydrogen-bond acceptors (Lipinski definition) is 6. The predicted molar refractivity (Wildman–Crippen MR) is 325 cm³/mol. The monoisotopic (exact) mass is 1080 g/mol. The van der Waals surface area contributed by atoms with E-state index in [4.69, 9.17) is 9.05 Å². The van der Waals surface area contributed by atoms with Gasteiger partial charge in [-0.1, -0.05) is 314 Å². The fourth-order valence-electron chi connectivity index (χ4n) is 10.3. The van der Waals surface area contributed by atoms with E-state index in [9.17, 15) is 19.4 Å². The number of phosphoric ester groups is 1. The Morgan fingerprint density at radius 3 is 1.11 bits per heavy atom. The van der Waals surface area contributed by atoms with E-state index in [-0.39, 0.29) is 19.1 Å². The minimum absolute atomic E-state index is 0.0146. The second-order valence-electron chi connectivity index (χ2n) is 24.2. The zero-order valence-corrected chi connectivity index (χ0v) is 51.9. The van der Waals surface area contributed by atoms with E-state index in [1.165, 1.54) is 270 Å². The molecule has 2 N–H and O–H groups in total. The Balaban J connectivity index is 4.00. The average Bonchev–Trinajstić information content (AvgIpc) is 3.37. The van der Waals surface area contributed by atoms with E-state index in [0.29, 0.717) is 23.9 Å². The lowest BCUT2D eigenvalue weighted by molar-refractivity contribution is -0.870. The van der Waals surface area contributed by atoms with Crippen molar-refractivity contribution in [2.45, 2.75) is 353 Å². The number of rotatable bonds is 62. The van der Waals surface area contributed by atoms with Crippen molar-refractivity contribution in [3.63, 3.8) is 0 Å². The van der Waals surface area contributed by atoms with Crippen LogP contribution in [-0.4, -0.2) is 68.5 Å². The Labute approximate surface area is 468 Å². The van der Waals surface area contributed by atoms with E-state index in [1.807, 2.05) is 21.1 Å². The molecule has 1 amide bonds. The normalized spacial score (nSPS) is 13.9. The molecule has 3 atom stereocenters. The molecule has 0 aliphatic heterocycles. The van der Waals surface area contributed by atoms with Gasteiger partial charge in [0.05, 0.1) is 39.9 Å². The van der Waals surface area contributed by atoms with Gasteiger partial charge in [-0.15, -0.1) is 0 Å². The summed E-state index contributed by atoms with van der Waals surface area (Å²) in [6.45, 7) is 4.78. The van der Waals surface area contributed by atoms with Crippen LogP contribution in [0.5, 0.6) is 0 Å². The van der Waals surface area contributed by atoms with E-state index >= 15 is 0 Å². The second kappa shape index (κ2) is 57.7. The van der Waals surface area contributed by atoms with Crippen LogP contribution in [0.15, 0.2) is 24.3 Å². The maximum atomic E-state index is 13.0. The van der Waals surface area contributed by atoms with Gasteiger partial charge < -0.3 is 28.8 Å². The van der Waals surface area contributed by atoms with Gasteiger partial charge in [-0.25, -0.2) is 0 Å². The number of quaternary nitrogens is 1. The quantitative estimate of drug-likeness (QED) is 0.0272. The Morgan fingerprint density at radius 1 is 0.467 bits per heavy atom. The first kappa shape index (κ1) is 74.0. The highest BCUT2D eigenvalue weighted by molar-refractivity contribution is 7.45. The van der Waals surface area contributed by atoms with Gasteiger partial charge >= 0.3 is 0 Å². The number of allylic oxidation sites excluding steroid dienone is 4. The van der Waals surface area contributed by atoms with Crippen LogP contribution in [0, 0.1) is 0 Å². The van der Waals surface area contributed by atoms with Crippen LogP contribution in [0.2, 0.25) is 0 Å². The molecule has 0 aliphatic carbocycles. The molecule has 0 heterocycles. The third-order valence-electron chi connectivity index (χ3n) is 15.4. The molecule has 0 fully saturated rings. The fourth-order valence-corrected chi connectivity index (χ4v) is 11.0. The third-order valence-corrected chi connectivity index (χ3v) is 16.4. The van der Waals surface area contributed by atoms with Gasteiger partial charge in [-0.2, -0.15) is 0 Å². The summed E-state index contributed by atoms with van der Waals surface area (Å²) in [5, 5.41) is 14.1. The number of likely N-dealkylation sites (N-methyl/N-ethyl adjacent to an activating group) is 1. The first-order valence-electron chi connectivity index (χ1n) is 33.2. The summed E-state index contributed by atoms with van der Waals surface area (Å²) in [7, 11) is 1.32. The number of nitrogens with one attached hydrogen (secondary N) is 1. The van der Waals surface area contributed by atoms with Gasteiger partial charge in [0.15, 0.2) is 0 Å². The standard InChI is InChI=1S/C66H131N2O6P/c1-6-8-10-12-14-16-18-20-22-24-26-28-29-30-31-32-33-34-35-36-37-38-39-40-42-44-46-48-50-52-54-56-58-60-66(70)67-64(63-74-75(71,72)73-62-61-68(3,4)5)65(69)59-57-55-53-51-49-47-45-43-41-27-25-23-21-19-17-15-13-11-9-7-2/h26,28,30-31,64-65,69H,6-25,27,29,32-63H2,1-5H3,(H-,67,70,71,72)/b28-26-,31-30-. The van der Waals surface area contributed by atoms with Gasteiger partial charge in [0.25, 0.3) is 7.82 Å². The number of carbonyl (C=O) groups excluding carboxylic acids is 1. The van der Waals surface area contributed by atoms with Crippen LogP contribution in [0.1, 0.15) is 341 Å². The molecule has 0 aromatic heterocycles. The largest absolute Gasteiger partial charge is 0.756 e. The number of carbonyl (C=O) groups is 1. The molecule has 0 saturated carbocycles. The topological polar surface area (TPSA) is 108 Å². The van der Waals surface area contributed by atoms with Crippen LogP contribution >= 0.6 is 7.82 Å². The number of phosphoric acid groups is 1. The van der Waals surface area contributed by atoms with E-state index < -0.39 is 20.0 Å². The van der Waals surface area contributed by atoms with Gasteiger partial charge in [-0.3, -0.25) is 9.36 Å². The summed E-state index contributed by atoms with van der Waals surface area (Å²) in [5.41, 5.74) is 0. The molecule has 0 spiro atoms. The summed E-state index contributed by atoms with van der Waals surface area (Å²) in [5.74, 6) is -0.158. The van der Waals surface area contributed by atoms with Crippen molar-refractivity contribution in [2.24, 2.45) is 0 Å². The first-order chi connectivity index (χ1) is 36.5. The van der Waals surface area contributed by atoms with Gasteiger partial charge in [0, 0.05) is 6.42 Å². The number of aliphatic hydroxyl groups is 1. The Hall–Kier alpha value is -1.02. The maximum absolute atomic E-state index is 13.0. The van der Waals surface area contributed by atoms with Crippen LogP contribution in [-0.2, 0) is 18.4 Å². The number of unbranched alkanes of at least 4 members (excludes halogenated alkanes) is 45. The Bertz CT molecular complexity index is 1270. The number of aliphatic hydroxyl groups excluding tert-OH is 1. The highest BCUT2D eigenvalue weighted by Crippen LogP contribution is 2.38. The van der Waals surface area contributed by atoms with Crippen LogP contribution < -0.4 is 10.2 Å². The van der Waals surface area contributed by atoms with Crippen LogP contribution in [0.3, 0.4) is 0 Å². The van der Waals surface area contributed by atoms with Crippen molar-refractivity contribution < 1.29 is 32.9 Å². The van der Waals surface area contributed by atoms with Crippen molar-refractivity contribution in [3.05, 3.63) is 24.3 Å². The zero-order valence-electron chi connectivity index (χ0n) is 51.0. The molecule has 0 aromatic carbocycles. The molecular weight excluding hydrogens is 948 g/mol. The minimum atomic E-state index is -4.57. The third kappa shape index (κ3) is 60.5. The molecule has 0 aliphatic rings. The summed E-state index contributed by atoms with van der Waals surface area (Å²) in [6, 6.07) is -0.799. The van der Waals surface area contributed by atoms with Crippen molar-refractivity contribution in [2.75, 3.05) is 40.9 Å². The summed E-state index contributed by atoms with van der Waals surface area (Å²) < 4.78 is 23.5. The van der Waals surface area contributed by atoms with Crippen LogP contribution in [0.25, 0.3) is 0 Å². The molecule has 0 aromatic rings. The summed E-state index contributed by atoms with van der Waals surface area (Å²) >= 11 is 0. The second-order valence-corrected chi connectivity index (χ2v) is 25.6. The molecule has 8 nitrogen and oxygen atoms in total. The predicted octanol–water partition coefficient (Wildman–Crippen LogP) is 20.1. The highest BCUT2D eigenvalue weighted by atomic mass is 31.2. The molecule has 446 valence electrons. The maximum Gasteiger partial charge on any atom is 0.268 e. The lowest BCUT2D eigenvalue weighted by atomic mass is 10.0. The summed E-state index contributed by atoms with van der Waals surface area (Å²) in [4.78, 5) is 25.6. The molecule has 9 heteroatoms. The lowest BCUT2D eigenvalue weighted by Gasteiger charge is -2.30. The van der Waals surface area contributed by atoms with E-state index in [1.54, 1.807) is 0 Å². The molecular formula is C66H131N2O6P. The average molecular weight is 1080 g/mol. The number of nitrogens with zero attached hydrogens (tertiary/aromatic N) is 1. The molecule has 0 saturated heterocycles. The van der Waals surface area contributed by atoms with Crippen molar-refractivity contribution in [3.8, 4) is 0 Å². The van der Waals surface area contributed by atoms with Crippen LogP contribution in [0.4, 0.5) is 0 Å². The van der Waals surface area contributed by atoms with E-state index in [0.717, 1.165) is 44.9 Å². The van der Waals surface area contributed by atoms with Gasteiger partial charge in [0.1, 0.15) is 13.2 Å². The first-order valence-corrected chi connectivity index (χ1v) is 34.6. The van der Waals surface area contributed by atoms with E-state index in [2.05, 4.69) is 43.5 Å². The highest BCUT2D eigenvalue weighted by Gasteiger charge is 2.24. The molecule has 0 radical (unpaired) electrons. The van der Waals surface area contributed by atoms with Gasteiger partial charge in [0.2, 0.25) is 5.91 Å². The van der Waals surface area contributed by atoms with Gasteiger partial charge in [-0.05, 0) is 44.9 Å². The SMILES string of the molecule is CCCCCCCCCCC/C=C\C/C=C\CCCCCCCCCCCCCCCCCCCC(=O)NC(COP(=O)([O-])OCC[N+](C)(C)C)C(O)CCCCCCCCCCCCCCCCCCCCCC. The minimum Gasteiger partial charge on any atom is -0.756 e. The fraction of sp³-hybridized carbons (Fsp3) is 0.924. The molecule has 0 rings (SSSR count). The smallest absolute Gasteiger partial charge is 0.268 e. The van der Waals surface area contributed by atoms with Crippen molar-refractivity contribution in [1.29, 1.82) is 0 Å². The Kier molecular flexibility index (Phi) is 56.9. The zero-order chi connectivity index (χ0) is 54.9. The van der Waals surface area contributed by atoms with Crippen molar-refractivity contribution >= 4 is 13.7 Å². The Morgan fingerprint density at radius 2 is 0.773 bits per heavy atom. The molecule has 75 heavy (non-hydrogen) atoms. The summed E-state index contributed by atoms with van der Waals surface area (Å²) in [6.07, 6.45) is 73.8. The van der Waals surface area contributed by atoms with Crippen molar-refractivity contribution in [1.82, 2.24) is 5.32 Å². The molecule has 3 unspecified atom stereocenters. The lowest BCUT2D eigenvalue weighted by Crippen LogP contribution is -2.46. The number of hydrogen-bond donors (Lipinski definition) is 2.